The van der Waals surface area contributed by atoms with Crippen molar-refractivity contribution in [3.05, 3.63) is 47.5 Å². The molecule has 0 heterocycles. The van der Waals surface area contributed by atoms with Crippen LogP contribution in [0.15, 0.2) is 42.0 Å². The Bertz CT molecular complexity index is 371. The normalized spacial score (nSPS) is 18.5. The van der Waals surface area contributed by atoms with Crippen LogP contribution in [0, 0.1) is 0 Å². The molecular weight excluding hydrogens is 210 g/mol. The summed E-state index contributed by atoms with van der Waals surface area (Å²) in [6.07, 6.45) is 1.97. The Kier molecular flexibility index (Phi) is 3.34. The Morgan fingerprint density at radius 2 is 1.88 bits per heavy atom. The summed E-state index contributed by atoms with van der Waals surface area (Å²) in [5, 5.41) is 0. The van der Waals surface area contributed by atoms with Gasteiger partial charge >= 0.3 is 0 Å². The van der Waals surface area contributed by atoms with E-state index in [1.807, 2.05) is 30.3 Å². The summed E-state index contributed by atoms with van der Waals surface area (Å²) in [4.78, 5) is 0. The molecule has 0 N–H and O–H groups in total. The molecule has 1 aliphatic carbocycles. The number of hydrogen-bond acceptors (Lipinski definition) is 1. The maximum Gasteiger partial charge on any atom is 0.271 e. The lowest BCUT2D eigenvalue weighted by Crippen LogP contribution is -2.18. The molecule has 0 saturated heterocycles. The van der Waals surface area contributed by atoms with Crippen LogP contribution in [0.1, 0.15) is 18.4 Å². The first-order chi connectivity index (χ1) is 7.68. The minimum atomic E-state index is -2.66. The summed E-state index contributed by atoms with van der Waals surface area (Å²) >= 11 is 0. The van der Waals surface area contributed by atoms with E-state index in [9.17, 15) is 8.78 Å². The zero-order valence-electron chi connectivity index (χ0n) is 8.96. The van der Waals surface area contributed by atoms with Crippen molar-refractivity contribution in [3.63, 3.8) is 0 Å². The Labute approximate surface area is 93.7 Å². The molecular formula is C13H14F2O. The monoisotopic (exact) mass is 224 g/mol. The van der Waals surface area contributed by atoms with E-state index in [0.717, 1.165) is 5.56 Å². The average Bonchev–Trinajstić information content (AvgIpc) is 2.60. The van der Waals surface area contributed by atoms with E-state index in [4.69, 9.17) is 4.74 Å². The Balaban J connectivity index is 1.81. The third-order valence-corrected chi connectivity index (χ3v) is 2.69. The number of ether oxygens (including phenoxy) is 1. The van der Waals surface area contributed by atoms with E-state index in [-0.39, 0.29) is 18.6 Å². The molecule has 0 aromatic heterocycles. The standard InChI is InChI=1S/C13H14F2O/c14-13(15)8-4-7-12(13)10-16-9-11-5-2-1-3-6-11/h1-3,5-7H,4,8-10H2. The largest absolute Gasteiger partial charge is 0.372 e. The van der Waals surface area contributed by atoms with E-state index in [0.29, 0.717) is 13.0 Å². The van der Waals surface area contributed by atoms with Gasteiger partial charge in [0.2, 0.25) is 0 Å². The smallest absolute Gasteiger partial charge is 0.271 e. The van der Waals surface area contributed by atoms with Crippen molar-refractivity contribution in [2.24, 2.45) is 0 Å². The van der Waals surface area contributed by atoms with Crippen LogP contribution >= 0.6 is 0 Å². The fourth-order valence-corrected chi connectivity index (χ4v) is 1.76. The summed E-state index contributed by atoms with van der Waals surface area (Å²) < 4.78 is 31.7. The van der Waals surface area contributed by atoms with E-state index >= 15 is 0 Å². The van der Waals surface area contributed by atoms with Crippen LogP contribution in [0.25, 0.3) is 0 Å². The van der Waals surface area contributed by atoms with Gasteiger partial charge in [-0.1, -0.05) is 36.4 Å². The lowest BCUT2D eigenvalue weighted by Gasteiger charge is -2.14. The molecule has 0 atom stereocenters. The fourth-order valence-electron chi connectivity index (χ4n) is 1.76. The van der Waals surface area contributed by atoms with Gasteiger partial charge in [0.1, 0.15) is 0 Å². The predicted molar refractivity (Wildman–Crippen MR) is 58.4 cm³/mol. The van der Waals surface area contributed by atoms with Gasteiger partial charge in [0.15, 0.2) is 0 Å². The Hall–Kier alpha value is -1.22. The number of alkyl halides is 2. The number of benzene rings is 1. The molecule has 16 heavy (non-hydrogen) atoms. The third kappa shape index (κ3) is 2.67. The van der Waals surface area contributed by atoms with Gasteiger partial charge in [-0.2, -0.15) is 0 Å². The summed E-state index contributed by atoms with van der Waals surface area (Å²) in [6, 6.07) is 9.56. The summed E-state index contributed by atoms with van der Waals surface area (Å²) in [5.41, 5.74) is 1.13. The molecule has 0 aliphatic heterocycles. The van der Waals surface area contributed by atoms with E-state index in [1.54, 1.807) is 6.08 Å². The minimum Gasteiger partial charge on any atom is -0.372 e. The molecule has 3 heteroatoms. The number of allylic oxidation sites excluding steroid dienone is 1. The molecule has 1 nitrogen and oxygen atoms in total. The lowest BCUT2D eigenvalue weighted by atomic mass is 10.2. The second kappa shape index (κ2) is 4.74. The van der Waals surface area contributed by atoms with Gasteiger partial charge in [-0.15, -0.1) is 0 Å². The SMILES string of the molecule is FC1(F)CCC=C1COCc1ccccc1. The van der Waals surface area contributed by atoms with Gasteiger partial charge < -0.3 is 4.74 Å². The number of rotatable bonds is 4. The van der Waals surface area contributed by atoms with Crippen molar-refractivity contribution in [2.75, 3.05) is 6.61 Å². The van der Waals surface area contributed by atoms with Crippen molar-refractivity contribution in [1.82, 2.24) is 0 Å². The van der Waals surface area contributed by atoms with Crippen LogP contribution < -0.4 is 0 Å². The molecule has 1 aromatic rings. The second-order valence-electron chi connectivity index (χ2n) is 3.95. The summed E-state index contributed by atoms with van der Waals surface area (Å²) in [7, 11) is 0. The van der Waals surface area contributed by atoms with Gasteiger partial charge in [0.25, 0.3) is 5.92 Å². The highest BCUT2D eigenvalue weighted by molar-refractivity contribution is 5.19. The second-order valence-corrected chi connectivity index (χ2v) is 3.95. The summed E-state index contributed by atoms with van der Waals surface area (Å²) in [5.74, 6) is -2.66. The molecule has 0 fully saturated rings. The highest BCUT2D eigenvalue weighted by Gasteiger charge is 2.36. The third-order valence-electron chi connectivity index (χ3n) is 2.69. The molecule has 1 aromatic carbocycles. The van der Waals surface area contributed by atoms with Gasteiger partial charge in [-0.25, -0.2) is 8.78 Å². The maximum absolute atomic E-state index is 13.2. The molecule has 2 rings (SSSR count). The van der Waals surface area contributed by atoms with Crippen LogP contribution in [0.4, 0.5) is 8.78 Å². The number of hydrogen-bond donors (Lipinski definition) is 0. The maximum atomic E-state index is 13.2. The van der Waals surface area contributed by atoms with Crippen LogP contribution in [-0.2, 0) is 11.3 Å². The Morgan fingerprint density at radius 1 is 1.12 bits per heavy atom. The van der Waals surface area contributed by atoms with Crippen molar-refractivity contribution < 1.29 is 13.5 Å². The molecule has 86 valence electrons. The zero-order chi connectivity index (χ0) is 11.4. The number of halogens is 2. The molecule has 0 amide bonds. The molecule has 0 bridgehead atoms. The van der Waals surface area contributed by atoms with Crippen molar-refractivity contribution in [1.29, 1.82) is 0 Å². The molecule has 1 aliphatic rings. The minimum absolute atomic E-state index is 0.0297. The Morgan fingerprint density at radius 3 is 2.50 bits per heavy atom. The van der Waals surface area contributed by atoms with Crippen LogP contribution in [-0.4, -0.2) is 12.5 Å². The molecule has 0 saturated carbocycles. The van der Waals surface area contributed by atoms with E-state index < -0.39 is 5.92 Å². The average molecular weight is 224 g/mol. The highest BCUT2D eigenvalue weighted by Crippen LogP contribution is 2.35. The molecule has 0 radical (unpaired) electrons. The first-order valence-electron chi connectivity index (χ1n) is 5.37. The zero-order valence-corrected chi connectivity index (χ0v) is 8.96. The van der Waals surface area contributed by atoms with Crippen molar-refractivity contribution >= 4 is 0 Å². The van der Waals surface area contributed by atoms with E-state index in [2.05, 4.69) is 0 Å². The predicted octanol–water partition coefficient (Wildman–Crippen LogP) is 3.56. The van der Waals surface area contributed by atoms with Gasteiger partial charge in [-0.05, 0) is 12.0 Å². The highest BCUT2D eigenvalue weighted by atomic mass is 19.3. The fraction of sp³-hybridized carbons (Fsp3) is 0.385. The van der Waals surface area contributed by atoms with Gasteiger partial charge in [0.05, 0.1) is 13.2 Å². The first kappa shape index (κ1) is 11.3. The van der Waals surface area contributed by atoms with Crippen LogP contribution in [0.2, 0.25) is 0 Å². The van der Waals surface area contributed by atoms with E-state index in [1.165, 1.54) is 0 Å². The van der Waals surface area contributed by atoms with Crippen LogP contribution in [0.5, 0.6) is 0 Å². The summed E-state index contributed by atoms with van der Waals surface area (Å²) in [6.45, 7) is 0.413. The lowest BCUT2D eigenvalue weighted by molar-refractivity contribution is 0.0208. The topological polar surface area (TPSA) is 9.23 Å². The van der Waals surface area contributed by atoms with Crippen LogP contribution in [0.3, 0.4) is 0 Å². The van der Waals surface area contributed by atoms with Gasteiger partial charge in [0, 0.05) is 12.0 Å². The van der Waals surface area contributed by atoms with Gasteiger partial charge in [-0.3, -0.25) is 0 Å². The molecule has 0 spiro atoms. The first-order valence-corrected chi connectivity index (χ1v) is 5.37. The van der Waals surface area contributed by atoms with Crippen molar-refractivity contribution in [3.8, 4) is 0 Å². The molecule has 0 unspecified atom stereocenters. The van der Waals surface area contributed by atoms with Crippen molar-refractivity contribution in [2.45, 2.75) is 25.4 Å². The quantitative estimate of drug-likeness (QED) is 0.710.